The van der Waals surface area contributed by atoms with Crippen molar-refractivity contribution in [3.8, 4) is 0 Å². The fourth-order valence-corrected chi connectivity index (χ4v) is 6.38. The van der Waals surface area contributed by atoms with Crippen molar-refractivity contribution in [1.82, 2.24) is 5.32 Å². The Morgan fingerprint density at radius 3 is 1.35 bits per heavy atom. The maximum Gasteiger partial charge on any atom is 0.395 e. The van der Waals surface area contributed by atoms with Crippen LogP contribution in [0.1, 0.15) is 226 Å². The molecule has 0 aliphatic heterocycles. The Bertz CT molecular complexity index is 886. The van der Waals surface area contributed by atoms with E-state index in [4.69, 9.17) is 20.2 Å². The number of ether oxygens (including phenoxy) is 1. The molecule has 1 amide bonds. The van der Waals surface area contributed by atoms with Crippen molar-refractivity contribution in [2.75, 3.05) is 6.54 Å². The number of aliphatic hydroxyl groups is 1. The van der Waals surface area contributed by atoms with Gasteiger partial charge in [-0.05, 0) is 25.7 Å². The molecular formula is C42H80N2O8. The van der Waals surface area contributed by atoms with Gasteiger partial charge in [-0.15, -0.1) is 0 Å². The van der Waals surface area contributed by atoms with Gasteiger partial charge in [0, 0.05) is 6.42 Å². The predicted molar refractivity (Wildman–Crippen MR) is 209 cm³/mol. The van der Waals surface area contributed by atoms with Crippen molar-refractivity contribution in [3.05, 3.63) is 0 Å². The first kappa shape index (κ1) is 49.8. The molecule has 2 unspecified atom stereocenters. The van der Waals surface area contributed by atoms with E-state index in [9.17, 15) is 24.3 Å². The molecule has 0 aliphatic rings. The van der Waals surface area contributed by atoms with Crippen LogP contribution in [0.5, 0.6) is 0 Å². The van der Waals surface area contributed by atoms with E-state index in [1.807, 2.05) is 6.92 Å². The number of carbonyl (C=O) groups is 4. The molecule has 0 aromatic rings. The lowest BCUT2D eigenvalue weighted by atomic mass is 10.0. The molecule has 0 aromatic heterocycles. The van der Waals surface area contributed by atoms with Crippen molar-refractivity contribution in [2.24, 2.45) is 5.73 Å². The maximum absolute atomic E-state index is 13.1. The van der Waals surface area contributed by atoms with Gasteiger partial charge in [-0.25, -0.2) is 24.2 Å². The molecule has 0 bridgehead atoms. The molecule has 306 valence electrons. The Hall–Kier alpha value is -2.20. The van der Waals surface area contributed by atoms with Crippen molar-refractivity contribution >= 4 is 23.8 Å². The van der Waals surface area contributed by atoms with Crippen LogP contribution >= 0.6 is 0 Å². The minimum atomic E-state index is -2.34. The Morgan fingerprint density at radius 2 is 0.942 bits per heavy atom. The highest BCUT2D eigenvalue weighted by atomic mass is 17.2. The Kier molecular flexibility index (Phi) is 34.3. The van der Waals surface area contributed by atoms with E-state index in [-0.39, 0.29) is 19.3 Å². The van der Waals surface area contributed by atoms with Crippen LogP contribution < -0.4 is 11.1 Å². The third-order valence-corrected chi connectivity index (χ3v) is 9.79. The average Bonchev–Trinajstić information content (AvgIpc) is 3.14. The molecule has 0 fully saturated rings. The second kappa shape index (κ2) is 35.8. The molecule has 0 radical (unpaired) electrons. The molecule has 0 heterocycles. The summed E-state index contributed by atoms with van der Waals surface area (Å²) in [6.45, 7) is 5.92. The first-order valence-electron chi connectivity index (χ1n) is 21.6. The van der Waals surface area contributed by atoms with Crippen LogP contribution in [0.3, 0.4) is 0 Å². The summed E-state index contributed by atoms with van der Waals surface area (Å²) in [5, 5.41) is 13.2. The normalized spacial score (nSPS) is 12.9. The molecule has 0 aliphatic carbocycles. The molecule has 10 heteroatoms. The van der Waals surface area contributed by atoms with E-state index in [1.54, 1.807) is 0 Å². The van der Waals surface area contributed by atoms with Crippen LogP contribution in [0.4, 0.5) is 0 Å². The summed E-state index contributed by atoms with van der Waals surface area (Å²) in [7, 11) is 0. The number of carbonyl (C=O) groups excluding carboxylic acids is 4. The number of esters is 1. The maximum atomic E-state index is 13.1. The van der Waals surface area contributed by atoms with Crippen LogP contribution in [-0.4, -0.2) is 47.3 Å². The molecule has 52 heavy (non-hydrogen) atoms. The third kappa shape index (κ3) is 29.3. The van der Waals surface area contributed by atoms with Gasteiger partial charge in [0.2, 0.25) is 17.7 Å². The minimum Gasteiger partial charge on any atom is -0.447 e. The monoisotopic (exact) mass is 741 g/mol. The first-order chi connectivity index (χ1) is 25.2. The van der Waals surface area contributed by atoms with E-state index in [0.29, 0.717) is 25.7 Å². The highest BCUT2D eigenvalue weighted by Gasteiger charge is 2.41. The van der Waals surface area contributed by atoms with Gasteiger partial charge in [0.15, 0.2) is 0 Å². The van der Waals surface area contributed by atoms with Gasteiger partial charge in [0.05, 0.1) is 13.0 Å². The van der Waals surface area contributed by atoms with Gasteiger partial charge in [-0.2, -0.15) is 0 Å². The third-order valence-electron chi connectivity index (χ3n) is 9.79. The number of unbranched alkanes of at least 4 members (excludes halogenated alkanes) is 26. The topological polar surface area (TPSA) is 154 Å². The van der Waals surface area contributed by atoms with Gasteiger partial charge in [0.25, 0.3) is 0 Å². The molecule has 0 saturated heterocycles. The Labute approximate surface area is 317 Å². The molecule has 4 N–H and O–H groups in total. The van der Waals surface area contributed by atoms with Gasteiger partial charge >= 0.3 is 17.9 Å². The molecule has 0 rings (SSSR count). The molecule has 2 atom stereocenters. The second-order valence-corrected chi connectivity index (χ2v) is 14.8. The number of rotatable bonds is 37. The summed E-state index contributed by atoms with van der Waals surface area (Å²) in [6.07, 6.45) is 31.7. The smallest absolute Gasteiger partial charge is 0.395 e. The average molecular weight is 741 g/mol. The standard InChI is InChI=1S/C42H80N2O8/c1-4-7-10-12-14-16-18-20-21-22-24-26-28-30-32-34-39(46)51-52-40(47)37(33-31-29-27-25-23-19-17-15-13-11-8-5-2)50-41(48)42(49,35-9-6-3)44-38(45)36-43/h37,49H,4-36,43H2,1-3H3,(H,44,45). The Balaban J connectivity index is 4.62. The van der Waals surface area contributed by atoms with Crippen molar-refractivity contribution in [2.45, 2.75) is 238 Å². The van der Waals surface area contributed by atoms with Gasteiger partial charge < -0.3 is 20.9 Å². The van der Waals surface area contributed by atoms with E-state index < -0.39 is 42.2 Å². The zero-order chi connectivity index (χ0) is 38.5. The molecule has 0 spiro atoms. The Morgan fingerprint density at radius 1 is 0.558 bits per heavy atom. The second-order valence-electron chi connectivity index (χ2n) is 14.8. The first-order valence-corrected chi connectivity index (χ1v) is 21.6. The lowest BCUT2D eigenvalue weighted by Crippen LogP contribution is -2.57. The fourth-order valence-electron chi connectivity index (χ4n) is 6.38. The number of hydrogen-bond acceptors (Lipinski definition) is 9. The molecule has 10 nitrogen and oxygen atoms in total. The van der Waals surface area contributed by atoms with E-state index in [0.717, 1.165) is 44.9 Å². The van der Waals surface area contributed by atoms with Crippen LogP contribution in [0, 0.1) is 0 Å². The van der Waals surface area contributed by atoms with Crippen LogP contribution in [-0.2, 0) is 33.7 Å². The van der Waals surface area contributed by atoms with E-state index >= 15 is 0 Å². The predicted octanol–water partition coefficient (Wildman–Crippen LogP) is 10.2. The van der Waals surface area contributed by atoms with Crippen molar-refractivity contribution < 1.29 is 38.8 Å². The zero-order valence-electron chi connectivity index (χ0n) is 33.8. The van der Waals surface area contributed by atoms with E-state index in [1.165, 1.54) is 116 Å². The van der Waals surface area contributed by atoms with Crippen LogP contribution in [0.15, 0.2) is 0 Å². The van der Waals surface area contributed by atoms with Gasteiger partial charge in [-0.1, -0.05) is 188 Å². The van der Waals surface area contributed by atoms with Gasteiger partial charge in [-0.3, -0.25) is 4.79 Å². The summed E-state index contributed by atoms with van der Waals surface area (Å²) in [5.41, 5.74) is 3.05. The SMILES string of the molecule is CCCCCCCCCCCCCCCCCC(=O)OOC(=O)C(CCCCCCCCCCCCCC)OC(=O)C(O)(CCCC)NC(=O)CN. The van der Waals surface area contributed by atoms with E-state index in [2.05, 4.69) is 19.2 Å². The summed E-state index contributed by atoms with van der Waals surface area (Å²) >= 11 is 0. The number of hydrogen-bond donors (Lipinski definition) is 3. The lowest BCUT2D eigenvalue weighted by Gasteiger charge is -2.28. The molecular weight excluding hydrogens is 660 g/mol. The van der Waals surface area contributed by atoms with Crippen molar-refractivity contribution in [3.63, 3.8) is 0 Å². The molecule has 0 saturated carbocycles. The molecule has 0 aromatic carbocycles. The van der Waals surface area contributed by atoms with Crippen LogP contribution in [0.2, 0.25) is 0 Å². The highest BCUT2D eigenvalue weighted by Crippen LogP contribution is 2.20. The summed E-state index contributed by atoms with van der Waals surface area (Å²) in [4.78, 5) is 60.1. The zero-order valence-corrected chi connectivity index (χ0v) is 33.8. The highest BCUT2D eigenvalue weighted by molar-refractivity contribution is 5.89. The summed E-state index contributed by atoms with van der Waals surface area (Å²) in [5.74, 6) is -3.59. The largest absolute Gasteiger partial charge is 0.447 e. The number of nitrogens with two attached hydrogens (primary N) is 1. The number of amides is 1. The summed E-state index contributed by atoms with van der Waals surface area (Å²) < 4.78 is 5.43. The fraction of sp³-hybridized carbons (Fsp3) is 0.905. The van der Waals surface area contributed by atoms with Crippen LogP contribution in [0.25, 0.3) is 0 Å². The quantitative estimate of drug-likeness (QED) is 0.0186. The van der Waals surface area contributed by atoms with Crippen molar-refractivity contribution in [1.29, 1.82) is 0 Å². The minimum absolute atomic E-state index is 0.108. The lowest BCUT2D eigenvalue weighted by molar-refractivity contribution is -0.266. The van der Waals surface area contributed by atoms with Gasteiger partial charge in [0.1, 0.15) is 0 Å². The summed E-state index contributed by atoms with van der Waals surface area (Å²) in [6, 6.07) is 0. The number of nitrogens with one attached hydrogen (secondary N) is 1.